The lowest BCUT2D eigenvalue weighted by molar-refractivity contribution is 0.293. The predicted octanol–water partition coefficient (Wildman–Crippen LogP) is 3.67. The number of piperidine rings is 1. The van der Waals surface area contributed by atoms with Gasteiger partial charge in [-0.3, -0.25) is 4.79 Å². The highest BCUT2D eigenvalue weighted by molar-refractivity contribution is 6.30. The van der Waals surface area contributed by atoms with E-state index in [1.54, 1.807) is 18.3 Å². The van der Waals surface area contributed by atoms with E-state index in [-0.39, 0.29) is 5.56 Å². The van der Waals surface area contributed by atoms with E-state index in [1.165, 1.54) is 23.9 Å². The summed E-state index contributed by atoms with van der Waals surface area (Å²) in [5, 5.41) is 4.97. The van der Waals surface area contributed by atoms with Crippen LogP contribution < -0.4 is 15.2 Å². The number of ether oxygens (including phenoxy) is 1. The summed E-state index contributed by atoms with van der Waals surface area (Å²) in [6.07, 6.45) is 7.65. The maximum absolute atomic E-state index is 13.1. The third kappa shape index (κ3) is 3.66. The Labute approximate surface area is 152 Å². The maximum atomic E-state index is 13.1. The molecule has 5 nitrogen and oxygen atoms in total. The number of anilines is 1. The topological polar surface area (TPSA) is 47.4 Å². The summed E-state index contributed by atoms with van der Waals surface area (Å²) in [5.74, 6) is 1.00. The average Bonchev–Trinajstić information content (AvgIpc) is 3.45. The van der Waals surface area contributed by atoms with Gasteiger partial charge in [0.2, 0.25) is 5.75 Å². The molecule has 0 atom stereocenters. The molecule has 6 heteroatoms. The lowest BCUT2D eigenvalue weighted by Crippen LogP contribution is -2.33. The van der Waals surface area contributed by atoms with Gasteiger partial charge >= 0.3 is 5.56 Å². The van der Waals surface area contributed by atoms with Crippen LogP contribution in [0.3, 0.4) is 0 Å². The minimum absolute atomic E-state index is 0.217. The van der Waals surface area contributed by atoms with Crippen molar-refractivity contribution in [2.24, 2.45) is 5.92 Å². The molecule has 2 aliphatic rings. The molecule has 2 heterocycles. The van der Waals surface area contributed by atoms with Crippen LogP contribution >= 0.6 is 11.6 Å². The van der Waals surface area contributed by atoms with Gasteiger partial charge in [-0.2, -0.15) is 9.78 Å². The van der Waals surface area contributed by atoms with E-state index in [9.17, 15) is 4.79 Å². The van der Waals surface area contributed by atoms with Crippen LogP contribution in [0.5, 0.6) is 5.75 Å². The molecule has 0 amide bonds. The van der Waals surface area contributed by atoms with Crippen molar-refractivity contribution >= 4 is 17.3 Å². The first-order chi connectivity index (χ1) is 12.2. The van der Waals surface area contributed by atoms with E-state index in [4.69, 9.17) is 16.3 Å². The van der Waals surface area contributed by atoms with Gasteiger partial charge in [-0.25, -0.2) is 0 Å². The van der Waals surface area contributed by atoms with Crippen molar-refractivity contribution in [1.82, 2.24) is 9.78 Å². The van der Waals surface area contributed by atoms with E-state index in [2.05, 4.69) is 10.00 Å². The fraction of sp³-hybridized carbons (Fsp3) is 0.474. The number of rotatable bonds is 5. The van der Waals surface area contributed by atoms with Gasteiger partial charge in [0.25, 0.3) is 0 Å². The number of aromatic nitrogens is 2. The normalized spacial score (nSPS) is 17.6. The van der Waals surface area contributed by atoms with Gasteiger partial charge in [0.1, 0.15) is 5.69 Å². The Morgan fingerprint density at radius 3 is 2.72 bits per heavy atom. The molecule has 0 bridgehead atoms. The molecule has 2 fully saturated rings. The number of hydrogen-bond acceptors (Lipinski definition) is 4. The number of nitrogens with zero attached hydrogens (tertiary/aromatic N) is 3. The lowest BCUT2D eigenvalue weighted by Gasteiger charge is -2.29. The largest absolute Gasteiger partial charge is 0.486 e. The van der Waals surface area contributed by atoms with Crippen molar-refractivity contribution in [2.75, 3.05) is 24.6 Å². The molecule has 1 saturated carbocycles. The molecule has 2 aromatic rings. The molecule has 0 radical (unpaired) electrons. The van der Waals surface area contributed by atoms with Crippen LogP contribution in [-0.4, -0.2) is 29.5 Å². The van der Waals surface area contributed by atoms with Gasteiger partial charge < -0.3 is 9.64 Å². The van der Waals surface area contributed by atoms with Crippen molar-refractivity contribution in [2.45, 2.75) is 32.1 Å². The van der Waals surface area contributed by atoms with Crippen LogP contribution in [0.15, 0.2) is 35.3 Å². The molecule has 1 aromatic heterocycles. The quantitative estimate of drug-likeness (QED) is 0.817. The van der Waals surface area contributed by atoms with Crippen molar-refractivity contribution in [1.29, 1.82) is 0 Å². The first-order valence-electron chi connectivity index (χ1n) is 8.98. The van der Waals surface area contributed by atoms with E-state index < -0.39 is 0 Å². The lowest BCUT2D eigenvalue weighted by atomic mass is 10.1. The zero-order valence-corrected chi connectivity index (χ0v) is 14.9. The van der Waals surface area contributed by atoms with Crippen LogP contribution in [0.25, 0.3) is 5.69 Å². The molecule has 0 unspecified atom stereocenters. The molecule has 4 rings (SSSR count). The van der Waals surface area contributed by atoms with Crippen molar-refractivity contribution in [3.8, 4) is 11.4 Å². The Morgan fingerprint density at radius 2 is 2.00 bits per heavy atom. The molecular formula is C19H22ClN3O2. The standard InChI is InChI=1S/C19H22ClN3O2/c20-15-5-4-6-16(11-15)23-19(24)18(25-13-14-7-8-14)17(12-21-23)22-9-2-1-3-10-22/h4-6,11-12,14H,1-3,7-10,13H2. The molecule has 0 spiro atoms. The fourth-order valence-electron chi connectivity index (χ4n) is 3.20. The summed E-state index contributed by atoms with van der Waals surface area (Å²) >= 11 is 6.07. The predicted molar refractivity (Wildman–Crippen MR) is 99.1 cm³/mol. The van der Waals surface area contributed by atoms with Crippen molar-refractivity contribution < 1.29 is 4.74 Å². The number of halogens is 1. The first kappa shape index (κ1) is 16.5. The highest BCUT2D eigenvalue weighted by atomic mass is 35.5. The van der Waals surface area contributed by atoms with Crippen LogP contribution in [0.4, 0.5) is 5.69 Å². The zero-order valence-electron chi connectivity index (χ0n) is 14.2. The van der Waals surface area contributed by atoms with Gasteiger partial charge in [-0.15, -0.1) is 0 Å². The van der Waals surface area contributed by atoms with Gasteiger partial charge in [-0.1, -0.05) is 17.7 Å². The highest BCUT2D eigenvalue weighted by Crippen LogP contribution is 2.32. The highest BCUT2D eigenvalue weighted by Gasteiger charge is 2.25. The number of hydrogen-bond donors (Lipinski definition) is 0. The average molecular weight is 360 g/mol. The van der Waals surface area contributed by atoms with Crippen LogP contribution in [0.2, 0.25) is 5.02 Å². The Balaban J connectivity index is 1.73. The van der Waals surface area contributed by atoms with E-state index in [1.807, 2.05) is 12.1 Å². The summed E-state index contributed by atoms with van der Waals surface area (Å²) in [6.45, 7) is 2.50. The van der Waals surface area contributed by atoms with Crippen LogP contribution in [0.1, 0.15) is 32.1 Å². The summed E-state index contributed by atoms with van der Waals surface area (Å²) in [6, 6.07) is 7.16. The summed E-state index contributed by atoms with van der Waals surface area (Å²) < 4.78 is 7.37. The van der Waals surface area contributed by atoms with Gasteiger partial charge in [0.05, 0.1) is 18.5 Å². The monoisotopic (exact) mass is 359 g/mol. The molecule has 132 valence electrons. The second kappa shape index (κ2) is 7.08. The van der Waals surface area contributed by atoms with Gasteiger partial charge in [-0.05, 0) is 56.2 Å². The second-order valence-corrected chi connectivity index (χ2v) is 7.29. The Bertz CT molecular complexity index is 811. The molecule has 1 aliphatic carbocycles. The van der Waals surface area contributed by atoms with E-state index in [0.717, 1.165) is 31.6 Å². The molecule has 1 aromatic carbocycles. The summed E-state index contributed by atoms with van der Waals surface area (Å²) in [5.41, 5.74) is 1.26. The van der Waals surface area contributed by atoms with Gasteiger partial charge in [0, 0.05) is 18.1 Å². The Morgan fingerprint density at radius 1 is 1.20 bits per heavy atom. The summed E-state index contributed by atoms with van der Waals surface area (Å²) in [7, 11) is 0. The molecule has 25 heavy (non-hydrogen) atoms. The van der Waals surface area contributed by atoms with Gasteiger partial charge in [0.15, 0.2) is 0 Å². The molecule has 0 N–H and O–H groups in total. The Hall–Kier alpha value is -2.01. The third-order valence-electron chi connectivity index (χ3n) is 4.82. The molecular weight excluding hydrogens is 338 g/mol. The molecule has 1 aliphatic heterocycles. The maximum Gasteiger partial charge on any atom is 0.316 e. The Kier molecular flexibility index (Phi) is 4.66. The second-order valence-electron chi connectivity index (χ2n) is 6.86. The minimum Gasteiger partial charge on any atom is -0.486 e. The molecule has 1 saturated heterocycles. The SMILES string of the molecule is O=c1c(OCC2CC2)c(N2CCCCC2)cnn1-c1cccc(Cl)c1. The minimum atomic E-state index is -0.217. The third-order valence-corrected chi connectivity index (χ3v) is 5.06. The van der Waals surface area contributed by atoms with Crippen LogP contribution in [0, 0.1) is 5.92 Å². The smallest absolute Gasteiger partial charge is 0.316 e. The number of benzene rings is 1. The fourth-order valence-corrected chi connectivity index (χ4v) is 3.39. The van der Waals surface area contributed by atoms with Crippen molar-refractivity contribution in [3.05, 3.63) is 45.8 Å². The van der Waals surface area contributed by atoms with Crippen molar-refractivity contribution in [3.63, 3.8) is 0 Å². The van der Waals surface area contributed by atoms with E-state index in [0.29, 0.717) is 29.0 Å². The zero-order chi connectivity index (χ0) is 17.2. The first-order valence-corrected chi connectivity index (χ1v) is 9.36. The summed E-state index contributed by atoms with van der Waals surface area (Å²) in [4.78, 5) is 15.3. The van der Waals surface area contributed by atoms with Crippen LogP contribution in [-0.2, 0) is 0 Å². The van der Waals surface area contributed by atoms with E-state index >= 15 is 0 Å².